The molecule has 1 amide bonds. The zero-order valence-corrected chi connectivity index (χ0v) is 15.1. The number of rotatable bonds is 5. The molecule has 138 valence electrons. The Morgan fingerprint density at radius 1 is 1.12 bits per heavy atom. The zero-order valence-electron chi connectivity index (χ0n) is 13.5. The second-order valence-electron chi connectivity index (χ2n) is 5.74. The van der Waals surface area contributed by atoms with Crippen LogP contribution < -0.4 is 9.03 Å². The average Bonchev–Trinajstić information content (AvgIpc) is 2.86. The van der Waals surface area contributed by atoms with E-state index in [1.807, 2.05) is 4.72 Å². The minimum absolute atomic E-state index is 0.0435. The quantitative estimate of drug-likeness (QED) is 0.763. The maximum Gasteiger partial charge on any atom is 0.326 e. The van der Waals surface area contributed by atoms with E-state index in [2.05, 4.69) is 0 Å². The van der Waals surface area contributed by atoms with Crippen molar-refractivity contribution >= 4 is 31.6 Å². The van der Waals surface area contributed by atoms with Crippen LogP contribution in [-0.4, -0.2) is 40.1 Å². The standard InChI is InChI=1S/C16H16N2O6S2/c19-15-10-12(8-9-25(21,22)13-4-2-1-3-5-13)6-7-14(15)18-11-16(20)17-26(18,23)24/h1-7,10,19H,8-9,11H2,(H,17,20). The van der Waals surface area contributed by atoms with Gasteiger partial charge < -0.3 is 5.11 Å². The van der Waals surface area contributed by atoms with E-state index < -0.39 is 32.5 Å². The normalized spacial score (nSPS) is 16.5. The fourth-order valence-electron chi connectivity index (χ4n) is 2.59. The van der Waals surface area contributed by atoms with Gasteiger partial charge >= 0.3 is 10.2 Å². The number of aromatic hydroxyl groups is 1. The predicted octanol–water partition coefficient (Wildman–Crippen LogP) is 0.590. The first-order valence-corrected chi connectivity index (χ1v) is 10.7. The van der Waals surface area contributed by atoms with E-state index in [1.165, 1.54) is 30.3 Å². The Kier molecular flexibility index (Phi) is 4.63. The maximum absolute atomic E-state index is 12.3. The number of nitrogens with one attached hydrogen (secondary N) is 1. The number of aryl methyl sites for hydroxylation is 1. The number of benzene rings is 2. The maximum atomic E-state index is 12.3. The second kappa shape index (κ2) is 6.61. The minimum Gasteiger partial charge on any atom is -0.506 e. The highest BCUT2D eigenvalue weighted by molar-refractivity contribution is 7.92. The van der Waals surface area contributed by atoms with E-state index in [4.69, 9.17) is 0 Å². The Bertz CT molecular complexity index is 1050. The molecule has 0 unspecified atom stereocenters. The van der Waals surface area contributed by atoms with Gasteiger partial charge in [-0.15, -0.1) is 0 Å². The van der Waals surface area contributed by atoms with Crippen molar-refractivity contribution < 1.29 is 26.7 Å². The summed E-state index contributed by atoms with van der Waals surface area (Å²) in [5.74, 6) is -1.19. The molecule has 0 aromatic heterocycles. The molecule has 1 saturated heterocycles. The van der Waals surface area contributed by atoms with Crippen molar-refractivity contribution in [3.8, 4) is 5.75 Å². The lowest BCUT2D eigenvalue weighted by Gasteiger charge is -2.16. The molecule has 0 aliphatic carbocycles. The van der Waals surface area contributed by atoms with E-state index in [-0.39, 0.29) is 28.5 Å². The minimum atomic E-state index is -4.02. The highest BCUT2D eigenvalue weighted by Crippen LogP contribution is 2.31. The van der Waals surface area contributed by atoms with Crippen LogP contribution in [0.3, 0.4) is 0 Å². The third-order valence-corrected chi connectivity index (χ3v) is 7.01. The number of phenolic OH excluding ortho intramolecular Hbond substituents is 1. The number of carbonyl (C=O) groups is 1. The number of amides is 1. The molecular formula is C16H16N2O6S2. The number of phenols is 1. The summed E-state index contributed by atoms with van der Waals surface area (Å²) >= 11 is 0. The molecule has 1 heterocycles. The topological polar surface area (TPSA) is 121 Å². The fourth-order valence-corrected chi connectivity index (χ4v) is 5.07. The average molecular weight is 396 g/mol. The first-order valence-electron chi connectivity index (χ1n) is 7.62. The summed E-state index contributed by atoms with van der Waals surface area (Å²) in [6.45, 7) is -0.419. The van der Waals surface area contributed by atoms with Crippen LogP contribution in [0.2, 0.25) is 0 Å². The molecule has 1 aliphatic heterocycles. The van der Waals surface area contributed by atoms with Gasteiger partial charge in [-0.2, -0.15) is 8.42 Å². The first-order chi connectivity index (χ1) is 12.2. The lowest BCUT2D eigenvalue weighted by atomic mass is 10.1. The van der Waals surface area contributed by atoms with Gasteiger partial charge in [0.15, 0.2) is 9.84 Å². The van der Waals surface area contributed by atoms with Gasteiger partial charge in [-0.05, 0) is 36.2 Å². The lowest BCUT2D eigenvalue weighted by molar-refractivity contribution is -0.117. The van der Waals surface area contributed by atoms with E-state index in [1.54, 1.807) is 18.2 Å². The molecule has 3 rings (SSSR count). The third-order valence-electron chi connectivity index (χ3n) is 3.89. The van der Waals surface area contributed by atoms with Crippen LogP contribution in [0.25, 0.3) is 0 Å². The molecule has 0 spiro atoms. The van der Waals surface area contributed by atoms with Crippen LogP contribution >= 0.6 is 0 Å². The smallest absolute Gasteiger partial charge is 0.326 e. The summed E-state index contributed by atoms with van der Waals surface area (Å²) in [4.78, 5) is 11.5. The van der Waals surface area contributed by atoms with Crippen molar-refractivity contribution in [3.63, 3.8) is 0 Å². The summed E-state index contributed by atoms with van der Waals surface area (Å²) < 4.78 is 50.8. The van der Waals surface area contributed by atoms with E-state index >= 15 is 0 Å². The van der Waals surface area contributed by atoms with E-state index in [0.717, 1.165) is 4.31 Å². The molecule has 1 aliphatic rings. The van der Waals surface area contributed by atoms with Crippen LogP contribution in [0.4, 0.5) is 5.69 Å². The predicted molar refractivity (Wildman–Crippen MR) is 94.7 cm³/mol. The van der Waals surface area contributed by atoms with Crippen molar-refractivity contribution in [2.24, 2.45) is 0 Å². The van der Waals surface area contributed by atoms with Gasteiger partial charge in [0.05, 0.1) is 16.3 Å². The number of hydrogen-bond donors (Lipinski definition) is 2. The number of nitrogens with zero attached hydrogens (tertiary/aromatic N) is 1. The fraction of sp³-hybridized carbons (Fsp3) is 0.188. The first kappa shape index (κ1) is 18.2. The van der Waals surface area contributed by atoms with Gasteiger partial charge in [-0.25, -0.2) is 17.4 Å². The second-order valence-corrected chi connectivity index (χ2v) is 9.45. The van der Waals surface area contributed by atoms with Crippen molar-refractivity contribution in [1.82, 2.24) is 4.72 Å². The van der Waals surface area contributed by atoms with Crippen LogP contribution in [0.15, 0.2) is 53.4 Å². The molecule has 0 saturated carbocycles. The summed E-state index contributed by atoms with van der Waals surface area (Å²) in [7, 11) is -7.48. The van der Waals surface area contributed by atoms with Gasteiger partial charge in [0.2, 0.25) is 0 Å². The summed E-state index contributed by atoms with van der Waals surface area (Å²) in [5.41, 5.74) is 0.486. The summed E-state index contributed by atoms with van der Waals surface area (Å²) in [6, 6.07) is 12.2. The highest BCUT2D eigenvalue weighted by Gasteiger charge is 2.35. The van der Waals surface area contributed by atoms with Gasteiger partial charge in [0.25, 0.3) is 5.91 Å². The van der Waals surface area contributed by atoms with Crippen molar-refractivity contribution in [3.05, 3.63) is 54.1 Å². The number of hydrogen-bond acceptors (Lipinski definition) is 6. The molecule has 0 radical (unpaired) electrons. The highest BCUT2D eigenvalue weighted by atomic mass is 32.2. The van der Waals surface area contributed by atoms with Crippen LogP contribution in [0, 0.1) is 0 Å². The molecular weight excluding hydrogens is 380 g/mol. The van der Waals surface area contributed by atoms with E-state index in [9.17, 15) is 26.7 Å². The van der Waals surface area contributed by atoms with Crippen molar-refractivity contribution in [2.75, 3.05) is 16.6 Å². The van der Waals surface area contributed by atoms with Gasteiger partial charge in [-0.3, -0.25) is 4.79 Å². The molecule has 0 bridgehead atoms. The van der Waals surface area contributed by atoms with Crippen molar-refractivity contribution in [1.29, 1.82) is 0 Å². The van der Waals surface area contributed by atoms with E-state index in [0.29, 0.717) is 5.56 Å². The Morgan fingerprint density at radius 3 is 2.38 bits per heavy atom. The van der Waals surface area contributed by atoms with Gasteiger partial charge in [0, 0.05) is 0 Å². The monoisotopic (exact) mass is 396 g/mol. The molecule has 26 heavy (non-hydrogen) atoms. The largest absolute Gasteiger partial charge is 0.506 e. The molecule has 2 N–H and O–H groups in total. The SMILES string of the molecule is O=C1CN(c2ccc(CCS(=O)(=O)c3ccccc3)cc2O)S(=O)(=O)N1. The number of anilines is 1. The Balaban J connectivity index is 1.78. The van der Waals surface area contributed by atoms with Crippen LogP contribution in [-0.2, 0) is 31.3 Å². The molecule has 2 aromatic carbocycles. The van der Waals surface area contributed by atoms with Crippen molar-refractivity contribution in [2.45, 2.75) is 11.3 Å². The van der Waals surface area contributed by atoms with Gasteiger partial charge in [-0.1, -0.05) is 24.3 Å². The Hall–Kier alpha value is -2.59. The Morgan fingerprint density at radius 2 is 1.81 bits per heavy atom. The summed E-state index contributed by atoms with van der Waals surface area (Å²) in [6.07, 6.45) is 0.148. The molecule has 0 atom stereocenters. The summed E-state index contributed by atoms with van der Waals surface area (Å²) in [5, 5.41) is 10.1. The Labute approximate surface area is 151 Å². The molecule has 1 fully saturated rings. The molecule has 2 aromatic rings. The lowest BCUT2D eigenvalue weighted by Crippen LogP contribution is -2.29. The number of carbonyl (C=O) groups excluding carboxylic acids is 1. The third kappa shape index (κ3) is 3.65. The van der Waals surface area contributed by atoms with Gasteiger partial charge in [0.1, 0.15) is 12.3 Å². The van der Waals surface area contributed by atoms with Crippen LogP contribution in [0.5, 0.6) is 5.75 Å². The molecule has 10 heteroatoms. The number of sulfone groups is 1. The van der Waals surface area contributed by atoms with Crippen LogP contribution in [0.1, 0.15) is 5.56 Å². The molecule has 8 nitrogen and oxygen atoms in total. The zero-order chi connectivity index (χ0) is 18.9.